The van der Waals surface area contributed by atoms with Gasteiger partial charge in [-0.15, -0.1) is 11.3 Å². The lowest BCUT2D eigenvalue weighted by Gasteiger charge is -2.36. The quantitative estimate of drug-likeness (QED) is 0.499. The third kappa shape index (κ3) is 3.54. The van der Waals surface area contributed by atoms with E-state index in [1.165, 1.54) is 35.6 Å². The van der Waals surface area contributed by atoms with Gasteiger partial charge in [0.05, 0.1) is 11.4 Å². The molecule has 6 heteroatoms. The van der Waals surface area contributed by atoms with Crippen LogP contribution in [-0.4, -0.2) is 11.7 Å². The van der Waals surface area contributed by atoms with Gasteiger partial charge < -0.3 is 5.32 Å². The van der Waals surface area contributed by atoms with E-state index in [9.17, 15) is 14.0 Å². The molecule has 1 amide bonds. The molecule has 32 heavy (non-hydrogen) atoms. The van der Waals surface area contributed by atoms with Crippen LogP contribution in [0.4, 0.5) is 15.8 Å². The summed E-state index contributed by atoms with van der Waals surface area (Å²) in [5.41, 5.74) is 3.18. The lowest BCUT2D eigenvalue weighted by Crippen LogP contribution is -2.39. The summed E-state index contributed by atoms with van der Waals surface area (Å²) in [5, 5.41) is 5.45. The summed E-state index contributed by atoms with van der Waals surface area (Å²) in [4.78, 5) is 30.0. The Morgan fingerprint density at radius 2 is 1.81 bits per heavy atom. The molecule has 2 aromatic carbocycles. The van der Waals surface area contributed by atoms with Crippen LogP contribution < -0.4 is 10.2 Å². The second-order valence-electron chi connectivity index (χ2n) is 9.08. The van der Waals surface area contributed by atoms with Crippen molar-refractivity contribution in [2.24, 2.45) is 5.41 Å². The standard InChI is InChI=1S/C26H23FN2O2S/c1-26(2)14-19-23(21(30)15-26)24(22-8-5-13-32-22)29(20-7-4-3-6-18(20)28-19)25(31)16-9-11-17(27)12-10-16/h3-13,24,28H,14-15H2,1-2H3/t24-/m1/s1. The zero-order valence-electron chi connectivity index (χ0n) is 17.9. The molecule has 0 spiro atoms. The average molecular weight is 447 g/mol. The van der Waals surface area contributed by atoms with Crippen molar-refractivity contribution in [3.8, 4) is 0 Å². The van der Waals surface area contributed by atoms with Crippen LogP contribution in [0.3, 0.4) is 0 Å². The van der Waals surface area contributed by atoms with Gasteiger partial charge in [0.2, 0.25) is 0 Å². The molecule has 1 N–H and O–H groups in total. The lowest BCUT2D eigenvalue weighted by atomic mass is 9.74. The van der Waals surface area contributed by atoms with Gasteiger partial charge in [-0.1, -0.05) is 32.0 Å². The van der Waals surface area contributed by atoms with E-state index >= 15 is 0 Å². The summed E-state index contributed by atoms with van der Waals surface area (Å²) >= 11 is 1.52. The smallest absolute Gasteiger partial charge is 0.259 e. The number of nitrogens with one attached hydrogen (secondary N) is 1. The van der Waals surface area contributed by atoms with Crippen LogP contribution >= 0.6 is 11.3 Å². The molecule has 1 atom stereocenters. The maximum Gasteiger partial charge on any atom is 0.259 e. The van der Waals surface area contributed by atoms with Crippen LogP contribution in [0.1, 0.15) is 48.0 Å². The van der Waals surface area contributed by atoms with E-state index in [1.807, 2.05) is 41.8 Å². The number of allylic oxidation sites excluding steroid dienone is 1. The summed E-state index contributed by atoms with van der Waals surface area (Å²) in [6.45, 7) is 4.18. The van der Waals surface area contributed by atoms with Gasteiger partial charge >= 0.3 is 0 Å². The number of amides is 1. The van der Waals surface area contributed by atoms with E-state index in [-0.39, 0.29) is 17.1 Å². The minimum Gasteiger partial charge on any atom is -0.357 e. The fourth-order valence-electron chi connectivity index (χ4n) is 4.66. The van der Waals surface area contributed by atoms with Crippen molar-refractivity contribution < 1.29 is 14.0 Å². The Kier molecular flexibility index (Phi) is 4.97. The van der Waals surface area contributed by atoms with Crippen molar-refractivity contribution in [3.05, 3.63) is 93.6 Å². The third-order valence-corrected chi connectivity index (χ3v) is 6.95. The van der Waals surface area contributed by atoms with Crippen molar-refractivity contribution in [3.63, 3.8) is 0 Å². The van der Waals surface area contributed by atoms with E-state index in [1.54, 1.807) is 4.90 Å². The second kappa shape index (κ2) is 7.71. The van der Waals surface area contributed by atoms with Gasteiger partial charge in [-0.2, -0.15) is 0 Å². The maximum atomic E-state index is 13.9. The normalized spacial score (nSPS) is 19.7. The zero-order chi connectivity index (χ0) is 22.5. The molecule has 4 nitrogen and oxygen atoms in total. The highest BCUT2D eigenvalue weighted by atomic mass is 32.1. The Bertz CT molecular complexity index is 1230. The summed E-state index contributed by atoms with van der Waals surface area (Å²) in [6.07, 6.45) is 1.13. The van der Waals surface area contributed by atoms with Crippen molar-refractivity contribution in [1.82, 2.24) is 0 Å². The van der Waals surface area contributed by atoms with E-state index in [0.717, 1.165) is 16.3 Å². The summed E-state index contributed by atoms with van der Waals surface area (Å²) in [6, 6.07) is 16.5. The van der Waals surface area contributed by atoms with Crippen LogP contribution in [0.2, 0.25) is 0 Å². The van der Waals surface area contributed by atoms with Crippen LogP contribution in [-0.2, 0) is 4.79 Å². The van der Waals surface area contributed by atoms with E-state index in [0.29, 0.717) is 29.7 Å². The molecule has 1 aromatic heterocycles. The van der Waals surface area contributed by atoms with Gasteiger partial charge in [0.15, 0.2) is 5.78 Å². The predicted octanol–water partition coefficient (Wildman–Crippen LogP) is 6.34. The molecule has 162 valence electrons. The maximum absolute atomic E-state index is 13.9. The Hall–Kier alpha value is -3.25. The third-order valence-electron chi connectivity index (χ3n) is 6.02. The number of hydrogen-bond acceptors (Lipinski definition) is 4. The Balaban J connectivity index is 1.76. The number of thiophene rings is 1. The van der Waals surface area contributed by atoms with Crippen LogP contribution in [0, 0.1) is 11.2 Å². The number of ketones is 1. The van der Waals surface area contributed by atoms with Gasteiger partial charge in [0.25, 0.3) is 5.91 Å². The van der Waals surface area contributed by atoms with E-state index in [4.69, 9.17) is 0 Å². The molecular weight excluding hydrogens is 423 g/mol. The van der Waals surface area contributed by atoms with E-state index < -0.39 is 11.9 Å². The number of para-hydroxylation sites is 2. The molecule has 0 bridgehead atoms. The number of carbonyl (C=O) groups is 2. The molecule has 0 fully saturated rings. The Morgan fingerprint density at radius 1 is 1.06 bits per heavy atom. The van der Waals surface area contributed by atoms with Gasteiger partial charge in [-0.25, -0.2) is 4.39 Å². The summed E-state index contributed by atoms with van der Waals surface area (Å²) in [5.74, 6) is -0.625. The number of halogens is 1. The molecule has 1 aliphatic carbocycles. The van der Waals surface area contributed by atoms with Crippen LogP contribution in [0.25, 0.3) is 0 Å². The molecule has 0 radical (unpaired) electrons. The first-order valence-electron chi connectivity index (χ1n) is 10.6. The number of rotatable bonds is 2. The van der Waals surface area contributed by atoms with Crippen LogP contribution in [0.5, 0.6) is 0 Å². The number of carbonyl (C=O) groups excluding carboxylic acids is 2. The SMILES string of the molecule is CC1(C)CC(=O)C2=C(C1)Nc1ccccc1N(C(=O)c1ccc(F)cc1)[C@@H]2c1cccs1. The summed E-state index contributed by atoms with van der Waals surface area (Å²) < 4.78 is 13.6. The highest BCUT2D eigenvalue weighted by Gasteiger charge is 2.43. The van der Waals surface area contributed by atoms with E-state index in [2.05, 4.69) is 19.2 Å². The fourth-order valence-corrected chi connectivity index (χ4v) is 5.48. The topological polar surface area (TPSA) is 49.4 Å². The molecule has 3 aromatic rings. The average Bonchev–Trinajstić information content (AvgIpc) is 3.23. The largest absolute Gasteiger partial charge is 0.357 e. The Morgan fingerprint density at radius 3 is 2.53 bits per heavy atom. The number of anilines is 2. The molecule has 0 saturated heterocycles. The van der Waals surface area contributed by atoms with Gasteiger partial charge in [0, 0.05) is 28.1 Å². The second-order valence-corrected chi connectivity index (χ2v) is 10.1. The molecule has 0 unspecified atom stereocenters. The molecular formula is C26H23FN2O2S. The number of nitrogens with zero attached hydrogens (tertiary/aromatic N) is 1. The lowest BCUT2D eigenvalue weighted by molar-refractivity contribution is -0.118. The fraction of sp³-hybridized carbons (Fsp3) is 0.231. The van der Waals surface area contributed by atoms with Gasteiger partial charge in [-0.05, 0) is 59.7 Å². The molecule has 2 aliphatic rings. The van der Waals surface area contributed by atoms with Crippen molar-refractivity contribution in [2.75, 3.05) is 10.2 Å². The molecule has 0 saturated carbocycles. The van der Waals surface area contributed by atoms with Crippen molar-refractivity contribution in [2.45, 2.75) is 32.7 Å². The highest BCUT2D eigenvalue weighted by molar-refractivity contribution is 7.10. The van der Waals surface area contributed by atoms with Gasteiger partial charge in [0.1, 0.15) is 11.9 Å². The summed E-state index contributed by atoms with van der Waals surface area (Å²) in [7, 11) is 0. The predicted molar refractivity (Wildman–Crippen MR) is 125 cm³/mol. The first-order chi connectivity index (χ1) is 15.3. The number of fused-ring (bicyclic) bond motifs is 1. The molecule has 5 rings (SSSR count). The van der Waals surface area contributed by atoms with Crippen molar-refractivity contribution >= 4 is 34.4 Å². The number of Topliss-reactive ketones (excluding diaryl/α,β-unsaturated/α-hetero) is 1. The molecule has 2 heterocycles. The monoisotopic (exact) mass is 446 g/mol. The highest BCUT2D eigenvalue weighted by Crippen LogP contribution is 2.49. The number of hydrogen-bond donors (Lipinski definition) is 1. The first-order valence-corrected chi connectivity index (χ1v) is 11.5. The minimum atomic E-state index is -0.553. The van der Waals surface area contributed by atoms with Gasteiger partial charge in [-0.3, -0.25) is 14.5 Å². The Labute approximate surface area is 190 Å². The zero-order valence-corrected chi connectivity index (χ0v) is 18.7. The first kappa shape index (κ1) is 20.6. The van der Waals surface area contributed by atoms with Crippen molar-refractivity contribution in [1.29, 1.82) is 0 Å². The molecule has 1 aliphatic heterocycles. The van der Waals surface area contributed by atoms with Crippen LogP contribution in [0.15, 0.2) is 77.3 Å². The number of benzene rings is 2. The minimum absolute atomic E-state index is 0.0480.